The zero-order valence-electron chi connectivity index (χ0n) is 22.2. The van der Waals surface area contributed by atoms with Gasteiger partial charge in [-0.05, 0) is 73.6 Å². The van der Waals surface area contributed by atoms with Crippen LogP contribution in [0.15, 0.2) is 30.4 Å². The maximum Gasteiger partial charge on any atom is 0.163 e. The van der Waals surface area contributed by atoms with Crippen LogP contribution in [0.5, 0.6) is 0 Å². The molecule has 3 rings (SSSR count). The van der Waals surface area contributed by atoms with Crippen molar-refractivity contribution in [2.75, 3.05) is 0 Å². The first kappa shape index (κ1) is 28.0. The Morgan fingerprint density at radius 1 is 1.09 bits per heavy atom. The average molecular weight is 465 g/mol. The standard InChI is InChI=1S/C28H36O3.C3H8/c1-5-9-22(23(6-2)26(30)14-19(4)29)15-20-16-25-24(21-10-7-8-11-21)13-12-18(3)28(25)27(31)17-20;1-3-2/h7,10-13,20,22-23H,5-6,8-9,14-17H2,1-4H3;3H2,1-2H3. The molecule has 1 aromatic carbocycles. The summed E-state index contributed by atoms with van der Waals surface area (Å²) in [4.78, 5) is 37.5. The van der Waals surface area contributed by atoms with E-state index in [4.69, 9.17) is 0 Å². The summed E-state index contributed by atoms with van der Waals surface area (Å²) in [6.45, 7) is 12.0. The number of hydrogen-bond acceptors (Lipinski definition) is 3. The Morgan fingerprint density at radius 2 is 1.79 bits per heavy atom. The molecular weight excluding hydrogens is 420 g/mol. The van der Waals surface area contributed by atoms with Crippen molar-refractivity contribution < 1.29 is 14.4 Å². The molecule has 0 radical (unpaired) electrons. The molecule has 0 saturated carbocycles. The third kappa shape index (κ3) is 7.10. The van der Waals surface area contributed by atoms with Gasteiger partial charge < -0.3 is 0 Å². The molecule has 0 aromatic heterocycles. The van der Waals surface area contributed by atoms with Gasteiger partial charge in [0, 0.05) is 17.9 Å². The first-order valence-corrected chi connectivity index (χ1v) is 13.3. The molecule has 0 fully saturated rings. The highest BCUT2D eigenvalue weighted by molar-refractivity contribution is 6.02. The molecule has 2 aliphatic carbocycles. The minimum Gasteiger partial charge on any atom is -0.300 e. The lowest BCUT2D eigenvalue weighted by Crippen LogP contribution is -2.30. The molecule has 0 N–H and O–H groups in total. The second-order valence-corrected chi connectivity index (χ2v) is 10.1. The molecule has 0 bridgehead atoms. The first-order chi connectivity index (χ1) is 16.3. The van der Waals surface area contributed by atoms with Crippen molar-refractivity contribution in [3.05, 3.63) is 52.6 Å². The molecule has 186 valence electrons. The summed E-state index contributed by atoms with van der Waals surface area (Å²) in [5.41, 5.74) is 5.59. The van der Waals surface area contributed by atoms with Gasteiger partial charge in [-0.1, -0.05) is 77.3 Å². The fraction of sp³-hybridized carbons (Fsp3) is 0.581. The Kier molecular flexibility index (Phi) is 11.1. The summed E-state index contributed by atoms with van der Waals surface area (Å²) in [6, 6.07) is 4.24. The third-order valence-electron chi connectivity index (χ3n) is 6.99. The van der Waals surface area contributed by atoms with Gasteiger partial charge in [-0.25, -0.2) is 0 Å². The van der Waals surface area contributed by atoms with Crippen molar-refractivity contribution in [1.29, 1.82) is 0 Å². The lowest BCUT2D eigenvalue weighted by atomic mass is 9.71. The lowest BCUT2D eigenvalue weighted by Gasteiger charge is -2.32. The number of rotatable bonds is 10. The van der Waals surface area contributed by atoms with E-state index >= 15 is 0 Å². The van der Waals surface area contributed by atoms with Crippen LogP contribution < -0.4 is 0 Å². The van der Waals surface area contributed by atoms with Crippen LogP contribution in [0.4, 0.5) is 0 Å². The SMILES string of the molecule is CCC.CCCC(CC1CC(=O)c2c(C)ccc(C3=CCC=C3)c2C1)C(CC)C(=O)CC(C)=O. The summed E-state index contributed by atoms with van der Waals surface area (Å²) in [5, 5.41) is 0. The van der Waals surface area contributed by atoms with Crippen LogP contribution in [0.25, 0.3) is 5.57 Å². The molecule has 2 aliphatic rings. The number of ketones is 3. The highest BCUT2D eigenvalue weighted by atomic mass is 16.1. The van der Waals surface area contributed by atoms with E-state index in [9.17, 15) is 14.4 Å². The van der Waals surface area contributed by atoms with Gasteiger partial charge in [-0.15, -0.1) is 0 Å². The maximum atomic E-state index is 13.2. The minimum absolute atomic E-state index is 0.0367. The quantitative estimate of drug-likeness (QED) is 0.331. The lowest BCUT2D eigenvalue weighted by molar-refractivity contribution is -0.129. The highest BCUT2D eigenvalue weighted by Gasteiger charge is 2.34. The number of benzene rings is 1. The second-order valence-electron chi connectivity index (χ2n) is 10.1. The van der Waals surface area contributed by atoms with Gasteiger partial charge in [-0.3, -0.25) is 14.4 Å². The highest BCUT2D eigenvalue weighted by Crippen LogP contribution is 2.39. The van der Waals surface area contributed by atoms with Crippen LogP contribution in [0.1, 0.15) is 113 Å². The molecule has 3 atom stereocenters. The smallest absolute Gasteiger partial charge is 0.163 e. The van der Waals surface area contributed by atoms with E-state index < -0.39 is 0 Å². The van der Waals surface area contributed by atoms with Crippen molar-refractivity contribution in [1.82, 2.24) is 0 Å². The van der Waals surface area contributed by atoms with Crippen LogP contribution in [0.2, 0.25) is 0 Å². The monoisotopic (exact) mass is 464 g/mol. The van der Waals surface area contributed by atoms with E-state index in [2.05, 4.69) is 51.1 Å². The van der Waals surface area contributed by atoms with Crippen LogP contribution in [0, 0.1) is 24.7 Å². The number of carbonyl (C=O) groups is 3. The Balaban J connectivity index is 0.00000129. The fourth-order valence-corrected chi connectivity index (χ4v) is 5.67. The molecular formula is C31H44O3. The van der Waals surface area contributed by atoms with Crippen LogP contribution in [-0.4, -0.2) is 17.3 Å². The van der Waals surface area contributed by atoms with Crippen molar-refractivity contribution in [3.63, 3.8) is 0 Å². The normalized spacial score (nSPS) is 18.5. The summed E-state index contributed by atoms with van der Waals surface area (Å²) in [5.74, 6) is 0.666. The summed E-state index contributed by atoms with van der Waals surface area (Å²) in [6.07, 6.45) is 13.8. The summed E-state index contributed by atoms with van der Waals surface area (Å²) >= 11 is 0. The molecule has 0 heterocycles. The zero-order chi connectivity index (χ0) is 25.3. The summed E-state index contributed by atoms with van der Waals surface area (Å²) in [7, 11) is 0. The number of allylic oxidation sites excluding steroid dienone is 4. The maximum absolute atomic E-state index is 13.2. The van der Waals surface area contributed by atoms with E-state index in [0.717, 1.165) is 49.7 Å². The Morgan fingerprint density at radius 3 is 2.35 bits per heavy atom. The predicted molar refractivity (Wildman–Crippen MR) is 142 cm³/mol. The number of Topliss-reactive ketones (excluding diaryl/α,β-unsaturated/α-hetero) is 3. The zero-order valence-corrected chi connectivity index (χ0v) is 22.2. The predicted octanol–water partition coefficient (Wildman–Crippen LogP) is 7.88. The average Bonchev–Trinajstić information content (AvgIpc) is 3.29. The molecule has 3 nitrogen and oxygen atoms in total. The molecule has 0 amide bonds. The van der Waals surface area contributed by atoms with Crippen molar-refractivity contribution in [2.45, 2.75) is 99.3 Å². The van der Waals surface area contributed by atoms with Crippen molar-refractivity contribution in [3.8, 4) is 0 Å². The second kappa shape index (κ2) is 13.6. The number of hydrogen-bond donors (Lipinski definition) is 0. The van der Waals surface area contributed by atoms with E-state index in [0.29, 0.717) is 6.42 Å². The van der Waals surface area contributed by atoms with Gasteiger partial charge in [0.15, 0.2) is 5.78 Å². The van der Waals surface area contributed by atoms with Gasteiger partial charge in [0.05, 0.1) is 6.42 Å². The van der Waals surface area contributed by atoms with Gasteiger partial charge in [-0.2, -0.15) is 0 Å². The Labute approximate surface area is 207 Å². The van der Waals surface area contributed by atoms with Gasteiger partial charge in [0.25, 0.3) is 0 Å². The largest absolute Gasteiger partial charge is 0.300 e. The van der Waals surface area contributed by atoms with Crippen molar-refractivity contribution in [2.24, 2.45) is 17.8 Å². The first-order valence-electron chi connectivity index (χ1n) is 13.3. The molecule has 34 heavy (non-hydrogen) atoms. The third-order valence-corrected chi connectivity index (χ3v) is 6.99. The van der Waals surface area contributed by atoms with E-state index in [-0.39, 0.29) is 41.5 Å². The number of aryl methyl sites for hydroxylation is 1. The minimum atomic E-state index is -0.0854. The fourth-order valence-electron chi connectivity index (χ4n) is 5.67. The molecule has 1 aromatic rings. The number of fused-ring (bicyclic) bond motifs is 1. The van der Waals surface area contributed by atoms with Gasteiger partial charge in [0.1, 0.15) is 11.6 Å². The van der Waals surface area contributed by atoms with E-state index in [1.165, 1.54) is 30.0 Å². The Bertz CT molecular complexity index is 934. The topological polar surface area (TPSA) is 51.2 Å². The molecule has 3 heteroatoms. The van der Waals surface area contributed by atoms with E-state index in [1.54, 1.807) is 0 Å². The number of carbonyl (C=O) groups excluding carboxylic acids is 3. The van der Waals surface area contributed by atoms with Gasteiger partial charge >= 0.3 is 0 Å². The van der Waals surface area contributed by atoms with Crippen molar-refractivity contribution >= 4 is 22.9 Å². The Hall–Kier alpha value is -2.29. The van der Waals surface area contributed by atoms with Crippen LogP contribution >= 0.6 is 0 Å². The summed E-state index contributed by atoms with van der Waals surface area (Å²) < 4.78 is 0. The van der Waals surface area contributed by atoms with Gasteiger partial charge in [0.2, 0.25) is 0 Å². The van der Waals surface area contributed by atoms with E-state index in [1.807, 2.05) is 13.8 Å². The molecule has 0 saturated heterocycles. The van der Waals surface area contributed by atoms with Crippen LogP contribution in [0.3, 0.4) is 0 Å². The molecule has 3 unspecified atom stereocenters. The molecule has 0 spiro atoms. The molecule has 0 aliphatic heterocycles. The van der Waals surface area contributed by atoms with Crippen LogP contribution in [-0.2, 0) is 16.0 Å².